The first-order chi connectivity index (χ1) is 22.2. The Hall–Kier alpha value is -5.43. The number of para-hydroxylation sites is 1. The van der Waals surface area contributed by atoms with Crippen molar-refractivity contribution < 1.29 is 4.57 Å². The Morgan fingerprint density at radius 1 is 0.444 bits per heavy atom. The highest BCUT2D eigenvalue weighted by molar-refractivity contribution is 7.86. The molecule has 0 N–H and O–H groups in total. The van der Waals surface area contributed by atoms with Gasteiger partial charge in [0, 0.05) is 37.9 Å². The summed E-state index contributed by atoms with van der Waals surface area (Å²) in [4.78, 5) is 0. The molecule has 45 heavy (non-hydrogen) atoms. The Labute approximate surface area is 262 Å². The average Bonchev–Trinajstić information content (AvgIpc) is 3.59. The van der Waals surface area contributed by atoms with Crippen LogP contribution in [-0.2, 0) is 4.57 Å². The van der Waals surface area contributed by atoms with Gasteiger partial charge in [0.15, 0.2) is 7.14 Å². The van der Waals surface area contributed by atoms with E-state index in [1.807, 2.05) is 36.4 Å². The molecule has 2 heterocycles. The lowest BCUT2D eigenvalue weighted by Crippen LogP contribution is -2.20. The molecular formula is C42H28NOP. The van der Waals surface area contributed by atoms with E-state index in [1.54, 1.807) is 0 Å². The summed E-state index contributed by atoms with van der Waals surface area (Å²) in [5.41, 5.74) is 10.2. The molecule has 8 aromatic rings. The van der Waals surface area contributed by atoms with Gasteiger partial charge in [0.25, 0.3) is 0 Å². The lowest BCUT2D eigenvalue weighted by molar-refractivity contribution is 0.593. The fourth-order valence-electron chi connectivity index (χ4n) is 7.16. The monoisotopic (exact) mass is 593 g/mol. The van der Waals surface area contributed by atoms with Gasteiger partial charge in [-0.15, -0.1) is 0 Å². The van der Waals surface area contributed by atoms with Crippen molar-refractivity contribution in [2.75, 3.05) is 0 Å². The van der Waals surface area contributed by atoms with Gasteiger partial charge in [0.05, 0.1) is 11.0 Å². The van der Waals surface area contributed by atoms with Crippen LogP contribution in [0.15, 0.2) is 170 Å². The molecule has 1 aromatic heterocycles. The molecule has 0 bridgehead atoms. The Morgan fingerprint density at radius 3 is 1.84 bits per heavy atom. The minimum absolute atomic E-state index is 0.875. The first-order valence-electron chi connectivity index (χ1n) is 15.3. The van der Waals surface area contributed by atoms with Crippen LogP contribution in [0, 0.1) is 0 Å². The number of hydrogen-bond donors (Lipinski definition) is 0. The number of hydrogen-bond acceptors (Lipinski definition) is 1. The predicted molar refractivity (Wildman–Crippen MR) is 190 cm³/mol. The number of nitrogens with zero attached hydrogens (tertiary/aromatic N) is 1. The van der Waals surface area contributed by atoms with E-state index in [2.05, 4.69) is 138 Å². The molecule has 0 saturated heterocycles. The largest absolute Gasteiger partial charge is 0.309 e. The molecule has 212 valence electrons. The Kier molecular flexibility index (Phi) is 5.81. The Morgan fingerprint density at radius 2 is 1.07 bits per heavy atom. The van der Waals surface area contributed by atoms with Gasteiger partial charge >= 0.3 is 0 Å². The lowest BCUT2D eigenvalue weighted by Gasteiger charge is -2.16. The minimum atomic E-state index is -3.05. The van der Waals surface area contributed by atoms with E-state index in [9.17, 15) is 0 Å². The standard InChI is InChI=1S/C42H28NOP/c44-45(34-16-5-2-6-17-34)39-21-10-8-19-37(39)41-40(45)27-26-36-35-18-7-9-20-38(35)43(42(36)41)33-24-22-30(23-25-33)32-15-11-14-31(28-32)29-12-3-1-4-13-29/h1-28H. The second-order valence-electron chi connectivity index (χ2n) is 11.7. The lowest BCUT2D eigenvalue weighted by atomic mass is 9.99. The molecule has 2 nitrogen and oxygen atoms in total. The zero-order valence-corrected chi connectivity index (χ0v) is 25.4. The summed E-state index contributed by atoms with van der Waals surface area (Å²) >= 11 is 0. The van der Waals surface area contributed by atoms with Crippen molar-refractivity contribution in [3.05, 3.63) is 170 Å². The first kappa shape index (κ1) is 26.0. The van der Waals surface area contributed by atoms with E-state index >= 15 is 4.57 Å². The SMILES string of the molecule is O=P1(c2ccccc2)c2ccccc2-c2c1ccc1c3ccccc3n(-c3ccc(-c4cccc(-c5ccccc5)c4)cc3)c21. The van der Waals surface area contributed by atoms with Crippen molar-refractivity contribution in [2.24, 2.45) is 0 Å². The summed E-state index contributed by atoms with van der Waals surface area (Å²) in [5.74, 6) is 0. The molecular weight excluding hydrogens is 565 g/mol. The van der Waals surface area contributed by atoms with Crippen LogP contribution < -0.4 is 15.9 Å². The maximum absolute atomic E-state index is 15.3. The van der Waals surface area contributed by atoms with Gasteiger partial charge in [-0.25, -0.2) is 0 Å². The number of benzene rings is 7. The number of rotatable bonds is 4. The van der Waals surface area contributed by atoms with Crippen molar-refractivity contribution in [2.45, 2.75) is 0 Å². The molecule has 0 amide bonds. The van der Waals surface area contributed by atoms with E-state index in [1.165, 1.54) is 33.0 Å². The van der Waals surface area contributed by atoms with E-state index in [4.69, 9.17) is 0 Å². The number of aromatic nitrogens is 1. The van der Waals surface area contributed by atoms with E-state index in [-0.39, 0.29) is 0 Å². The maximum Gasteiger partial charge on any atom is 0.172 e. The topological polar surface area (TPSA) is 22.0 Å². The van der Waals surface area contributed by atoms with Crippen molar-refractivity contribution in [3.8, 4) is 39.1 Å². The van der Waals surface area contributed by atoms with Crippen LogP contribution in [0.2, 0.25) is 0 Å². The summed E-state index contributed by atoms with van der Waals surface area (Å²) in [6.07, 6.45) is 0. The summed E-state index contributed by atoms with van der Waals surface area (Å²) < 4.78 is 17.7. The maximum atomic E-state index is 15.3. The zero-order chi connectivity index (χ0) is 30.0. The van der Waals surface area contributed by atoms with E-state index in [0.717, 1.165) is 43.8 Å². The quantitative estimate of drug-likeness (QED) is 0.186. The zero-order valence-electron chi connectivity index (χ0n) is 24.5. The van der Waals surface area contributed by atoms with Gasteiger partial charge in [-0.05, 0) is 58.1 Å². The van der Waals surface area contributed by atoms with E-state index in [0.29, 0.717) is 0 Å². The molecule has 1 aliphatic rings. The molecule has 3 heteroatoms. The van der Waals surface area contributed by atoms with Crippen LogP contribution in [0.25, 0.3) is 60.9 Å². The third-order valence-corrected chi connectivity index (χ3v) is 12.4. The fraction of sp³-hybridized carbons (Fsp3) is 0. The predicted octanol–water partition coefficient (Wildman–Crippen LogP) is 9.74. The highest BCUT2D eigenvalue weighted by atomic mass is 31.2. The molecule has 7 aromatic carbocycles. The van der Waals surface area contributed by atoms with Gasteiger partial charge < -0.3 is 9.13 Å². The molecule has 0 spiro atoms. The fourth-order valence-corrected chi connectivity index (χ4v) is 10.2. The third-order valence-electron chi connectivity index (χ3n) is 9.21. The van der Waals surface area contributed by atoms with Gasteiger partial charge in [-0.3, -0.25) is 0 Å². The number of fused-ring (bicyclic) bond motifs is 7. The molecule has 0 aliphatic carbocycles. The second kappa shape index (κ2) is 10.1. The molecule has 0 fully saturated rings. The summed E-state index contributed by atoms with van der Waals surface area (Å²) in [6, 6.07) is 59.2. The molecule has 1 unspecified atom stereocenters. The minimum Gasteiger partial charge on any atom is -0.309 e. The van der Waals surface area contributed by atoms with Crippen LogP contribution in [-0.4, -0.2) is 4.57 Å². The van der Waals surface area contributed by atoms with Gasteiger partial charge in [-0.2, -0.15) is 0 Å². The van der Waals surface area contributed by atoms with Crippen LogP contribution in [0.3, 0.4) is 0 Å². The van der Waals surface area contributed by atoms with Gasteiger partial charge in [0.2, 0.25) is 0 Å². The normalized spacial score (nSPS) is 15.3. The van der Waals surface area contributed by atoms with Crippen molar-refractivity contribution in [1.29, 1.82) is 0 Å². The molecule has 1 atom stereocenters. The second-order valence-corrected chi connectivity index (χ2v) is 14.4. The molecule has 9 rings (SSSR count). The van der Waals surface area contributed by atoms with Crippen molar-refractivity contribution in [1.82, 2.24) is 4.57 Å². The Bertz CT molecular complexity index is 2440. The third kappa shape index (κ3) is 3.86. The van der Waals surface area contributed by atoms with Crippen LogP contribution >= 0.6 is 7.14 Å². The molecule has 0 saturated carbocycles. The molecule has 1 aliphatic heterocycles. The summed E-state index contributed by atoms with van der Waals surface area (Å²) in [7, 11) is -3.05. The smallest absolute Gasteiger partial charge is 0.172 e. The van der Waals surface area contributed by atoms with Crippen molar-refractivity contribution >= 4 is 44.9 Å². The van der Waals surface area contributed by atoms with Crippen LogP contribution in [0.5, 0.6) is 0 Å². The average molecular weight is 594 g/mol. The Balaban J connectivity index is 1.27. The summed E-state index contributed by atoms with van der Waals surface area (Å²) in [5, 5.41) is 5.07. The van der Waals surface area contributed by atoms with Crippen LogP contribution in [0.1, 0.15) is 0 Å². The molecule has 0 radical (unpaired) electrons. The van der Waals surface area contributed by atoms with Crippen LogP contribution in [0.4, 0.5) is 0 Å². The van der Waals surface area contributed by atoms with Gasteiger partial charge in [0.1, 0.15) is 0 Å². The van der Waals surface area contributed by atoms with Crippen molar-refractivity contribution in [3.63, 3.8) is 0 Å². The van der Waals surface area contributed by atoms with Gasteiger partial charge in [-0.1, -0.05) is 140 Å². The highest BCUT2D eigenvalue weighted by Gasteiger charge is 2.41. The highest BCUT2D eigenvalue weighted by Crippen LogP contribution is 2.54. The summed E-state index contributed by atoms with van der Waals surface area (Å²) in [6.45, 7) is 0. The van der Waals surface area contributed by atoms with E-state index < -0.39 is 7.14 Å². The first-order valence-corrected chi connectivity index (χ1v) is 17.0.